The highest BCUT2D eigenvalue weighted by atomic mass is 79.9. The molecule has 0 spiro atoms. The van der Waals surface area contributed by atoms with Gasteiger partial charge in [-0.3, -0.25) is 0 Å². The maximum absolute atomic E-state index is 3.60. The predicted molar refractivity (Wildman–Crippen MR) is 70.2 cm³/mol. The summed E-state index contributed by atoms with van der Waals surface area (Å²) in [7, 11) is 0. The quantitative estimate of drug-likeness (QED) is 0.730. The first kappa shape index (κ1) is 10.7. The molecule has 0 fully saturated rings. The zero-order valence-electron chi connectivity index (χ0n) is 9.13. The molecule has 1 heteroatoms. The molecule has 0 aliphatic carbocycles. The minimum Gasteiger partial charge on any atom is -0.0625 e. The molecule has 0 aliphatic heterocycles. The van der Waals surface area contributed by atoms with Gasteiger partial charge in [-0.25, -0.2) is 0 Å². The SMILES string of the molecule is CC(C)Cc1ccc(Br)c2ccccc12. The molecule has 0 saturated carbocycles. The summed E-state index contributed by atoms with van der Waals surface area (Å²) in [6, 6.07) is 13.0. The van der Waals surface area contributed by atoms with Crippen LogP contribution in [0.15, 0.2) is 40.9 Å². The van der Waals surface area contributed by atoms with Gasteiger partial charge in [-0.2, -0.15) is 0 Å². The lowest BCUT2D eigenvalue weighted by molar-refractivity contribution is 0.650. The Morgan fingerprint density at radius 3 is 2.33 bits per heavy atom. The van der Waals surface area contributed by atoms with Crippen LogP contribution in [0.2, 0.25) is 0 Å². The van der Waals surface area contributed by atoms with Crippen molar-refractivity contribution < 1.29 is 0 Å². The van der Waals surface area contributed by atoms with Crippen LogP contribution in [-0.2, 0) is 6.42 Å². The molecular formula is C14H15Br. The summed E-state index contributed by atoms with van der Waals surface area (Å²) >= 11 is 3.60. The summed E-state index contributed by atoms with van der Waals surface area (Å²) in [6.45, 7) is 4.52. The topological polar surface area (TPSA) is 0 Å². The third-order valence-electron chi connectivity index (χ3n) is 2.59. The van der Waals surface area contributed by atoms with Crippen molar-refractivity contribution in [2.45, 2.75) is 20.3 Å². The van der Waals surface area contributed by atoms with E-state index in [1.165, 1.54) is 20.8 Å². The Bertz CT molecular complexity index is 472. The van der Waals surface area contributed by atoms with Crippen LogP contribution in [-0.4, -0.2) is 0 Å². The Hall–Kier alpha value is -0.820. The monoisotopic (exact) mass is 262 g/mol. The Labute approximate surface area is 99.4 Å². The van der Waals surface area contributed by atoms with Crippen LogP contribution < -0.4 is 0 Å². The zero-order valence-corrected chi connectivity index (χ0v) is 10.7. The van der Waals surface area contributed by atoms with E-state index in [4.69, 9.17) is 0 Å². The second-order valence-corrected chi connectivity index (χ2v) is 5.20. The summed E-state index contributed by atoms with van der Waals surface area (Å²) < 4.78 is 1.19. The lowest BCUT2D eigenvalue weighted by Gasteiger charge is -2.10. The fraction of sp³-hybridized carbons (Fsp3) is 0.286. The summed E-state index contributed by atoms with van der Waals surface area (Å²) in [5.41, 5.74) is 1.45. The fourth-order valence-corrected chi connectivity index (χ4v) is 2.42. The van der Waals surface area contributed by atoms with Gasteiger partial charge in [-0.05, 0) is 34.7 Å². The Balaban J connectivity index is 2.61. The van der Waals surface area contributed by atoms with Crippen molar-refractivity contribution in [2.75, 3.05) is 0 Å². The zero-order chi connectivity index (χ0) is 10.8. The van der Waals surface area contributed by atoms with Crippen molar-refractivity contribution in [1.82, 2.24) is 0 Å². The molecule has 0 unspecified atom stereocenters. The average Bonchev–Trinajstić information content (AvgIpc) is 2.22. The Morgan fingerprint density at radius 2 is 1.67 bits per heavy atom. The van der Waals surface area contributed by atoms with E-state index in [-0.39, 0.29) is 0 Å². The molecule has 78 valence electrons. The van der Waals surface area contributed by atoms with Crippen LogP contribution in [0.1, 0.15) is 19.4 Å². The van der Waals surface area contributed by atoms with E-state index in [0.717, 1.165) is 6.42 Å². The Morgan fingerprint density at radius 1 is 1.00 bits per heavy atom. The summed E-state index contributed by atoms with van der Waals surface area (Å²) in [5, 5.41) is 2.69. The summed E-state index contributed by atoms with van der Waals surface area (Å²) in [4.78, 5) is 0. The van der Waals surface area contributed by atoms with Crippen LogP contribution in [0.25, 0.3) is 10.8 Å². The van der Waals surface area contributed by atoms with Crippen molar-refractivity contribution >= 4 is 26.7 Å². The number of fused-ring (bicyclic) bond motifs is 1. The van der Waals surface area contributed by atoms with Gasteiger partial charge in [0, 0.05) is 4.47 Å². The predicted octanol–water partition coefficient (Wildman–Crippen LogP) is 4.80. The first-order chi connectivity index (χ1) is 7.18. The first-order valence-electron chi connectivity index (χ1n) is 5.34. The van der Waals surface area contributed by atoms with Crippen molar-refractivity contribution in [3.05, 3.63) is 46.4 Å². The van der Waals surface area contributed by atoms with Gasteiger partial charge in [0.2, 0.25) is 0 Å². The molecule has 0 N–H and O–H groups in total. The number of benzene rings is 2. The van der Waals surface area contributed by atoms with Gasteiger partial charge < -0.3 is 0 Å². The first-order valence-corrected chi connectivity index (χ1v) is 6.14. The summed E-state index contributed by atoms with van der Waals surface area (Å²) in [6.07, 6.45) is 1.15. The van der Waals surface area contributed by atoms with E-state index in [0.29, 0.717) is 5.92 Å². The van der Waals surface area contributed by atoms with Gasteiger partial charge in [0.25, 0.3) is 0 Å². The molecule has 0 amide bonds. The van der Waals surface area contributed by atoms with Crippen LogP contribution in [0.3, 0.4) is 0 Å². The van der Waals surface area contributed by atoms with Crippen LogP contribution in [0.4, 0.5) is 0 Å². The van der Waals surface area contributed by atoms with Crippen LogP contribution in [0, 0.1) is 5.92 Å². The maximum Gasteiger partial charge on any atom is 0.0253 e. The molecule has 0 aliphatic rings. The third-order valence-corrected chi connectivity index (χ3v) is 3.28. The van der Waals surface area contributed by atoms with Gasteiger partial charge in [0.15, 0.2) is 0 Å². The van der Waals surface area contributed by atoms with Crippen molar-refractivity contribution in [2.24, 2.45) is 5.92 Å². The molecule has 0 aromatic heterocycles. The molecule has 0 bridgehead atoms. The highest BCUT2D eigenvalue weighted by Crippen LogP contribution is 2.28. The number of hydrogen-bond acceptors (Lipinski definition) is 0. The molecule has 0 heterocycles. The fourth-order valence-electron chi connectivity index (χ4n) is 1.94. The lowest BCUT2D eigenvalue weighted by atomic mass is 9.97. The van der Waals surface area contributed by atoms with Crippen LogP contribution >= 0.6 is 15.9 Å². The molecule has 0 radical (unpaired) electrons. The van der Waals surface area contributed by atoms with Crippen molar-refractivity contribution in [1.29, 1.82) is 0 Å². The molecule has 15 heavy (non-hydrogen) atoms. The van der Waals surface area contributed by atoms with E-state index < -0.39 is 0 Å². The van der Waals surface area contributed by atoms with E-state index in [2.05, 4.69) is 66.2 Å². The highest BCUT2D eigenvalue weighted by Gasteiger charge is 2.05. The average molecular weight is 263 g/mol. The second-order valence-electron chi connectivity index (χ2n) is 4.35. The van der Waals surface area contributed by atoms with Gasteiger partial charge in [0.1, 0.15) is 0 Å². The molecule has 2 aromatic rings. The van der Waals surface area contributed by atoms with Crippen molar-refractivity contribution in [3.63, 3.8) is 0 Å². The molecular weight excluding hydrogens is 248 g/mol. The second kappa shape index (κ2) is 4.36. The largest absolute Gasteiger partial charge is 0.0625 e. The van der Waals surface area contributed by atoms with Gasteiger partial charge in [-0.1, -0.05) is 60.1 Å². The van der Waals surface area contributed by atoms with E-state index in [9.17, 15) is 0 Å². The maximum atomic E-state index is 3.60. The molecule has 0 nitrogen and oxygen atoms in total. The van der Waals surface area contributed by atoms with Crippen LogP contribution in [0.5, 0.6) is 0 Å². The smallest absolute Gasteiger partial charge is 0.0253 e. The van der Waals surface area contributed by atoms with Gasteiger partial charge in [-0.15, -0.1) is 0 Å². The molecule has 0 atom stereocenters. The lowest BCUT2D eigenvalue weighted by Crippen LogP contribution is -1.95. The standard InChI is InChI=1S/C14H15Br/c1-10(2)9-11-7-8-14(15)13-6-4-3-5-12(11)13/h3-8,10H,9H2,1-2H3. The number of rotatable bonds is 2. The molecule has 2 rings (SSSR count). The minimum atomic E-state index is 0.703. The highest BCUT2D eigenvalue weighted by molar-refractivity contribution is 9.10. The molecule has 0 saturated heterocycles. The minimum absolute atomic E-state index is 0.703. The number of hydrogen-bond donors (Lipinski definition) is 0. The number of halogens is 1. The third kappa shape index (κ3) is 2.23. The van der Waals surface area contributed by atoms with E-state index in [1.54, 1.807) is 0 Å². The van der Waals surface area contributed by atoms with Gasteiger partial charge in [0.05, 0.1) is 0 Å². The molecule has 2 aromatic carbocycles. The Kier molecular flexibility index (Phi) is 3.11. The van der Waals surface area contributed by atoms with E-state index in [1.807, 2.05) is 0 Å². The van der Waals surface area contributed by atoms with E-state index >= 15 is 0 Å². The summed E-state index contributed by atoms with van der Waals surface area (Å²) in [5.74, 6) is 0.703. The normalized spacial score (nSPS) is 11.2. The van der Waals surface area contributed by atoms with Gasteiger partial charge >= 0.3 is 0 Å². The van der Waals surface area contributed by atoms with Crippen molar-refractivity contribution in [3.8, 4) is 0 Å².